The van der Waals surface area contributed by atoms with Gasteiger partial charge in [0.2, 0.25) is 0 Å². The van der Waals surface area contributed by atoms with Gasteiger partial charge in [0.1, 0.15) is 17.4 Å². The summed E-state index contributed by atoms with van der Waals surface area (Å²) in [4.78, 5) is 8.69. The highest BCUT2D eigenvalue weighted by molar-refractivity contribution is 5.40. The number of ether oxygens (including phenoxy) is 1. The molecule has 1 aliphatic rings. The highest BCUT2D eigenvalue weighted by Gasteiger charge is 2.20. The third-order valence-corrected chi connectivity index (χ3v) is 3.74. The maximum atomic E-state index is 6.04. The van der Waals surface area contributed by atoms with Crippen LogP contribution < -0.4 is 10.1 Å². The number of para-hydroxylation sites is 1. The molecule has 1 N–H and O–H groups in total. The van der Waals surface area contributed by atoms with Gasteiger partial charge in [0, 0.05) is 23.9 Å². The molecular weight excluding hydrogens is 262 g/mol. The van der Waals surface area contributed by atoms with Crippen molar-refractivity contribution in [3.05, 3.63) is 47.4 Å². The summed E-state index contributed by atoms with van der Waals surface area (Å²) in [7, 11) is 0. The van der Waals surface area contributed by atoms with Crippen molar-refractivity contribution in [2.75, 3.05) is 5.32 Å². The summed E-state index contributed by atoms with van der Waals surface area (Å²) < 4.78 is 6.04. The Morgan fingerprint density at radius 3 is 2.71 bits per heavy atom. The first-order valence-electron chi connectivity index (χ1n) is 7.51. The van der Waals surface area contributed by atoms with Gasteiger partial charge in [-0.2, -0.15) is 0 Å². The summed E-state index contributed by atoms with van der Waals surface area (Å²) >= 11 is 0. The van der Waals surface area contributed by atoms with Gasteiger partial charge >= 0.3 is 0 Å². The van der Waals surface area contributed by atoms with E-state index in [9.17, 15) is 0 Å². The van der Waals surface area contributed by atoms with Crippen LogP contribution in [0, 0.1) is 13.8 Å². The van der Waals surface area contributed by atoms with E-state index in [1.54, 1.807) is 0 Å². The summed E-state index contributed by atoms with van der Waals surface area (Å²) in [5, 5.41) is 3.36. The number of benzene rings is 1. The smallest absolute Gasteiger partial charge is 0.130 e. The lowest BCUT2D eigenvalue weighted by Crippen LogP contribution is -2.25. The SMILES string of the molecule is Cc1cc(NCc2ccccc2OC2CCC2)nc(C)n1. The van der Waals surface area contributed by atoms with Gasteiger partial charge < -0.3 is 10.1 Å². The fourth-order valence-electron chi connectivity index (χ4n) is 2.43. The van der Waals surface area contributed by atoms with Crippen molar-refractivity contribution in [2.24, 2.45) is 0 Å². The highest BCUT2D eigenvalue weighted by atomic mass is 16.5. The summed E-state index contributed by atoms with van der Waals surface area (Å²) in [5.74, 6) is 2.63. The van der Waals surface area contributed by atoms with Gasteiger partial charge in [-0.15, -0.1) is 0 Å². The third-order valence-electron chi connectivity index (χ3n) is 3.74. The maximum Gasteiger partial charge on any atom is 0.130 e. The molecule has 1 aliphatic carbocycles. The minimum Gasteiger partial charge on any atom is -0.490 e. The van der Waals surface area contributed by atoms with Gasteiger partial charge in [-0.3, -0.25) is 0 Å². The monoisotopic (exact) mass is 283 g/mol. The number of nitrogens with one attached hydrogen (secondary N) is 1. The van der Waals surface area contributed by atoms with Crippen LogP contribution in [-0.4, -0.2) is 16.1 Å². The molecule has 0 amide bonds. The Kier molecular flexibility index (Phi) is 4.04. The predicted octanol–water partition coefficient (Wildman–Crippen LogP) is 3.64. The summed E-state index contributed by atoms with van der Waals surface area (Å²) in [6.07, 6.45) is 4.03. The summed E-state index contributed by atoms with van der Waals surface area (Å²) in [6, 6.07) is 10.2. The molecule has 1 aromatic heterocycles. The molecule has 1 aromatic carbocycles. The number of hydrogen-bond donors (Lipinski definition) is 1. The molecule has 1 fully saturated rings. The average Bonchev–Trinajstić information content (AvgIpc) is 2.40. The van der Waals surface area contributed by atoms with E-state index in [-0.39, 0.29) is 0 Å². The normalized spacial score (nSPS) is 14.6. The second kappa shape index (κ2) is 6.12. The number of aryl methyl sites for hydroxylation is 2. The molecule has 110 valence electrons. The highest BCUT2D eigenvalue weighted by Crippen LogP contribution is 2.27. The van der Waals surface area contributed by atoms with E-state index in [1.165, 1.54) is 24.8 Å². The topological polar surface area (TPSA) is 47.0 Å². The molecule has 0 unspecified atom stereocenters. The van der Waals surface area contributed by atoms with Gasteiger partial charge in [0.15, 0.2) is 0 Å². The van der Waals surface area contributed by atoms with Crippen LogP contribution in [-0.2, 0) is 6.54 Å². The van der Waals surface area contributed by atoms with Gasteiger partial charge in [-0.1, -0.05) is 18.2 Å². The zero-order valence-corrected chi connectivity index (χ0v) is 12.6. The van der Waals surface area contributed by atoms with Crippen LogP contribution in [0.15, 0.2) is 30.3 Å². The van der Waals surface area contributed by atoms with E-state index < -0.39 is 0 Å². The van der Waals surface area contributed by atoms with Crippen molar-refractivity contribution in [2.45, 2.75) is 45.8 Å². The Morgan fingerprint density at radius 2 is 2.00 bits per heavy atom. The Morgan fingerprint density at radius 1 is 1.19 bits per heavy atom. The fraction of sp³-hybridized carbons (Fsp3) is 0.412. The Bertz CT molecular complexity index is 603. The van der Waals surface area contributed by atoms with Crippen LogP contribution in [0.3, 0.4) is 0 Å². The van der Waals surface area contributed by atoms with Crippen molar-refractivity contribution in [1.82, 2.24) is 9.97 Å². The molecule has 0 atom stereocenters. The van der Waals surface area contributed by atoms with Crippen molar-refractivity contribution in [1.29, 1.82) is 0 Å². The maximum absolute atomic E-state index is 6.04. The summed E-state index contributed by atoms with van der Waals surface area (Å²) in [5.41, 5.74) is 2.14. The first kappa shape index (κ1) is 13.9. The lowest BCUT2D eigenvalue weighted by atomic mass is 9.96. The number of aromatic nitrogens is 2. The second-order valence-electron chi connectivity index (χ2n) is 5.57. The minimum absolute atomic E-state index is 0.398. The third kappa shape index (κ3) is 3.51. The molecule has 1 saturated carbocycles. The average molecular weight is 283 g/mol. The zero-order valence-electron chi connectivity index (χ0n) is 12.6. The Hall–Kier alpha value is -2.10. The van der Waals surface area contributed by atoms with Crippen LogP contribution in [0.1, 0.15) is 36.3 Å². The van der Waals surface area contributed by atoms with Gasteiger partial charge in [-0.05, 0) is 39.2 Å². The van der Waals surface area contributed by atoms with Crippen LogP contribution in [0.2, 0.25) is 0 Å². The molecule has 0 aliphatic heterocycles. The minimum atomic E-state index is 0.398. The van der Waals surface area contributed by atoms with E-state index in [4.69, 9.17) is 4.74 Å². The number of nitrogens with zero attached hydrogens (tertiary/aromatic N) is 2. The van der Waals surface area contributed by atoms with Crippen LogP contribution in [0.5, 0.6) is 5.75 Å². The van der Waals surface area contributed by atoms with Crippen molar-refractivity contribution >= 4 is 5.82 Å². The first-order chi connectivity index (χ1) is 10.2. The molecule has 0 saturated heterocycles. The summed E-state index contributed by atoms with van der Waals surface area (Å²) in [6.45, 7) is 4.60. The quantitative estimate of drug-likeness (QED) is 0.910. The number of rotatable bonds is 5. The molecule has 4 nitrogen and oxygen atoms in total. The van der Waals surface area contributed by atoms with E-state index in [0.29, 0.717) is 12.6 Å². The van der Waals surface area contributed by atoms with E-state index in [0.717, 1.165) is 23.1 Å². The zero-order chi connectivity index (χ0) is 14.7. The van der Waals surface area contributed by atoms with Crippen LogP contribution in [0.4, 0.5) is 5.82 Å². The van der Waals surface area contributed by atoms with E-state index in [1.807, 2.05) is 38.1 Å². The lowest BCUT2D eigenvalue weighted by molar-refractivity contribution is 0.119. The van der Waals surface area contributed by atoms with Gasteiger partial charge in [0.25, 0.3) is 0 Å². The molecule has 0 bridgehead atoms. The molecule has 0 spiro atoms. The second-order valence-corrected chi connectivity index (χ2v) is 5.57. The van der Waals surface area contributed by atoms with Crippen LogP contribution >= 0.6 is 0 Å². The van der Waals surface area contributed by atoms with Crippen LogP contribution in [0.25, 0.3) is 0 Å². The van der Waals surface area contributed by atoms with E-state index >= 15 is 0 Å². The standard InChI is InChI=1S/C17H21N3O/c1-12-10-17(20-13(2)19-12)18-11-14-6-3-4-9-16(14)21-15-7-5-8-15/h3-4,6,9-10,15H,5,7-8,11H2,1-2H3,(H,18,19,20). The largest absolute Gasteiger partial charge is 0.490 e. The Labute approximate surface area is 125 Å². The molecular formula is C17H21N3O. The Balaban J connectivity index is 1.69. The lowest BCUT2D eigenvalue weighted by Gasteiger charge is -2.27. The molecule has 3 rings (SSSR count). The van der Waals surface area contributed by atoms with Crippen molar-refractivity contribution < 1.29 is 4.74 Å². The van der Waals surface area contributed by atoms with Crippen molar-refractivity contribution in [3.8, 4) is 5.75 Å². The van der Waals surface area contributed by atoms with Gasteiger partial charge in [-0.25, -0.2) is 9.97 Å². The van der Waals surface area contributed by atoms with E-state index in [2.05, 4.69) is 21.4 Å². The number of hydrogen-bond acceptors (Lipinski definition) is 4. The fourth-order valence-corrected chi connectivity index (χ4v) is 2.43. The molecule has 1 heterocycles. The van der Waals surface area contributed by atoms with Gasteiger partial charge in [0.05, 0.1) is 6.10 Å². The first-order valence-corrected chi connectivity index (χ1v) is 7.51. The predicted molar refractivity (Wildman–Crippen MR) is 83.5 cm³/mol. The molecule has 2 aromatic rings. The van der Waals surface area contributed by atoms with Crippen molar-refractivity contribution in [3.63, 3.8) is 0 Å². The molecule has 4 heteroatoms. The molecule has 0 radical (unpaired) electrons. The molecule has 21 heavy (non-hydrogen) atoms. The number of anilines is 1.